The van der Waals surface area contributed by atoms with Crippen LogP contribution in [0.5, 0.6) is 0 Å². The summed E-state index contributed by atoms with van der Waals surface area (Å²) in [6.07, 6.45) is 1.70. The number of rotatable bonds is 1. The summed E-state index contributed by atoms with van der Waals surface area (Å²) in [5.41, 5.74) is 2.75. The van der Waals surface area contributed by atoms with E-state index in [1.165, 1.54) is 4.70 Å². The molecule has 0 N–H and O–H groups in total. The smallest absolute Gasteiger partial charge is 0.145 e. The van der Waals surface area contributed by atoms with Gasteiger partial charge in [-0.3, -0.25) is 4.98 Å². The topological polar surface area (TPSA) is 38.7 Å². The zero-order chi connectivity index (χ0) is 11.8. The molecule has 2 aromatic heterocycles. The van der Waals surface area contributed by atoms with Crippen molar-refractivity contribution in [1.29, 1.82) is 0 Å². The van der Waals surface area contributed by atoms with Crippen LogP contribution in [0.1, 0.15) is 5.69 Å². The average Bonchev–Trinajstić information content (AvgIpc) is 2.75. The minimum atomic E-state index is 0.734. The number of para-hydroxylation sites is 1. The van der Waals surface area contributed by atoms with Crippen LogP contribution in [0.4, 0.5) is 0 Å². The monoisotopic (exact) mass is 305 g/mol. The summed E-state index contributed by atoms with van der Waals surface area (Å²) in [5.74, 6) is 0. The van der Waals surface area contributed by atoms with E-state index in [-0.39, 0.29) is 0 Å². The first-order valence-corrected chi connectivity index (χ1v) is 6.70. The molecule has 0 radical (unpaired) electrons. The van der Waals surface area contributed by atoms with E-state index < -0.39 is 0 Å². The van der Waals surface area contributed by atoms with Gasteiger partial charge in [0, 0.05) is 0 Å². The Bertz CT molecular complexity index is 660. The van der Waals surface area contributed by atoms with Gasteiger partial charge < -0.3 is 0 Å². The van der Waals surface area contributed by atoms with Crippen LogP contribution < -0.4 is 0 Å². The highest BCUT2D eigenvalue weighted by atomic mass is 79.9. The van der Waals surface area contributed by atoms with Gasteiger partial charge in [-0.05, 0) is 35.0 Å². The van der Waals surface area contributed by atoms with Gasteiger partial charge in [-0.2, -0.15) is 0 Å². The Balaban J connectivity index is 2.23. The van der Waals surface area contributed by atoms with E-state index in [0.29, 0.717) is 0 Å². The molecule has 3 nitrogen and oxygen atoms in total. The molecule has 0 atom stereocenters. The molecule has 84 valence electrons. The highest BCUT2D eigenvalue weighted by Crippen LogP contribution is 2.30. The second-order valence-corrected chi connectivity index (χ2v) is 5.46. The maximum Gasteiger partial charge on any atom is 0.145 e. The van der Waals surface area contributed by atoms with Crippen molar-refractivity contribution in [2.45, 2.75) is 6.92 Å². The van der Waals surface area contributed by atoms with Crippen LogP contribution in [-0.2, 0) is 0 Å². The fraction of sp³-hybridized carbons (Fsp3) is 0.0833. The Hall–Kier alpha value is -1.33. The van der Waals surface area contributed by atoms with Gasteiger partial charge in [0.1, 0.15) is 15.3 Å². The summed E-state index contributed by atoms with van der Waals surface area (Å²) in [4.78, 5) is 13.3. The maximum atomic E-state index is 4.58. The molecule has 5 heteroatoms. The molecule has 1 aromatic carbocycles. The van der Waals surface area contributed by atoms with E-state index in [9.17, 15) is 0 Å². The standard InChI is InChI=1S/C12H8BrN3S/c1-7-11(16-10(13)6-14-7)12-15-8-4-2-3-5-9(8)17-12/h2-6H,1H3. The number of aryl methyl sites for hydroxylation is 1. The Morgan fingerprint density at radius 2 is 2.00 bits per heavy atom. The molecule has 0 aliphatic rings. The van der Waals surface area contributed by atoms with Crippen molar-refractivity contribution in [2.24, 2.45) is 0 Å². The fourth-order valence-corrected chi connectivity index (χ4v) is 2.89. The molecule has 3 aromatic rings. The predicted molar refractivity (Wildman–Crippen MR) is 73.1 cm³/mol. The molecule has 17 heavy (non-hydrogen) atoms. The highest BCUT2D eigenvalue weighted by molar-refractivity contribution is 9.10. The van der Waals surface area contributed by atoms with E-state index in [1.54, 1.807) is 17.5 Å². The third-order valence-electron chi connectivity index (χ3n) is 2.42. The molecule has 0 aliphatic heterocycles. The lowest BCUT2D eigenvalue weighted by Gasteiger charge is -1.99. The van der Waals surface area contributed by atoms with Crippen LogP contribution >= 0.6 is 27.3 Å². The minimum Gasteiger partial charge on any atom is -0.256 e. The molecule has 3 rings (SSSR count). The van der Waals surface area contributed by atoms with Gasteiger partial charge >= 0.3 is 0 Å². The average molecular weight is 306 g/mol. The van der Waals surface area contributed by atoms with Gasteiger partial charge in [-0.25, -0.2) is 9.97 Å². The van der Waals surface area contributed by atoms with Crippen LogP contribution in [0.2, 0.25) is 0 Å². The van der Waals surface area contributed by atoms with Gasteiger partial charge in [0.05, 0.1) is 22.1 Å². The zero-order valence-electron chi connectivity index (χ0n) is 9.01. The quantitative estimate of drug-likeness (QED) is 0.686. The van der Waals surface area contributed by atoms with Crippen molar-refractivity contribution in [2.75, 3.05) is 0 Å². The number of nitrogens with zero attached hydrogens (tertiary/aromatic N) is 3. The lowest BCUT2D eigenvalue weighted by atomic mass is 10.3. The molecule has 0 saturated carbocycles. The summed E-state index contributed by atoms with van der Waals surface area (Å²) in [6, 6.07) is 8.09. The van der Waals surface area contributed by atoms with Crippen LogP contribution in [0.25, 0.3) is 20.9 Å². The maximum absolute atomic E-state index is 4.58. The summed E-state index contributed by atoms with van der Waals surface area (Å²) >= 11 is 4.98. The molecular formula is C12H8BrN3S. The highest BCUT2D eigenvalue weighted by Gasteiger charge is 2.11. The number of halogens is 1. The summed E-state index contributed by atoms with van der Waals surface area (Å²) in [5, 5.41) is 0.914. The van der Waals surface area contributed by atoms with Gasteiger partial charge in [-0.15, -0.1) is 11.3 Å². The van der Waals surface area contributed by atoms with Crippen LogP contribution in [0.15, 0.2) is 35.1 Å². The number of hydrogen-bond donors (Lipinski definition) is 0. The first-order chi connectivity index (χ1) is 8.24. The SMILES string of the molecule is Cc1ncc(Br)nc1-c1nc2ccccc2s1. The van der Waals surface area contributed by atoms with Crippen molar-refractivity contribution in [3.63, 3.8) is 0 Å². The Labute approximate surface area is 111 Å². The lowest BCUT2D eigenvalue weighted by molar-refractivity contribution is 1.10. The molecule has 0 amide bonds. The summed E-state index contributed by atoms with van der Waals surface area (Å²) < 4.78 is 1.90. The van der Waals surface area contributed by atoms with Crippen molar-refractivity contribution in [3.8, 4) is 10.7 Å². The number of fused-ring (bicyclic) bond motifs is 1. The molecule has 0 bridgehead atoms. The Morgan fingerprint density at radius 3 is 2.82 bits per heavy atom. The van der Waals surface area contributed by atoms with Crippen molar-refractivity contribution in [3.05, 3.63) is 40.8 Å². The number of hydrogen-bond acceptors (Lipinski definition) is 4. The first-order valence-electron chi connectivity index (χ1n) is 5.09. The third-order valence-corrected chi connectivity index (χ3v) is 3.85. The van der Waals surface area contributed by atoms with Crippen LogP contribution in [0, 0.1) is 6.92 Å². The van der Waals surface area contributed by atoms with E-state index in [4.69, 9.17) is 0 Å². The van der Waals surface area contributed by atoms with E-state index in [2.05, 4.69) is 36.9 Å². The Morgan fingerprint density at radius 1 is 1.18 bits per heavy atom. The van der Waals surface area contributed by atoms with Crippen molar-refractivity contribution >= 4 is 37.5 Å². The van der Waals surface area contributed by atoms with Crippen molar-refractivity contribution in [1.82, 2.24) is 15.0 Å². The second kappa shape index (κ2) is 4.16. The van der Waals surface area contributed by atoms with Gasteiger partial charge in [0.15, 0.2) is 0 Å². The number of thiazole rings is 1. The summed E-state index contributed by atoms with van der Waals surface area (Å²) in [6.45, 7) is 1.95. The van der Waals surface area contributed by atoms with Gasteiger partial charge in [0.2, 0.25) is 0 Å². The number of benzene rings is 1. The molecule has 0 spiro atoms. The van der Waals surface area contributed by atoms with E-state index >= 15 is 0 Å². The second-order valence-electron chi connectivity index (χ2n) is 3.61. The molecule has 0 aliphatic carbocycles. The fourth-order valence-electron chi connectivity index (χ4n) is 1.60. The largest absolute Gasteiger partial charge is 0.256 e. The van der Waals surface area contributed by atoms with E-state index in [0.717, 1.165) is 26.5 Å². The normalized spacial score (nSPS) is 10.9. The molecule has 0 saturated heterocycles. The zero-order valence-corrected chi connectivity index (χ0v) is 11.4. The number of aromatic nitrogens is 3. The van der Waals surface area contributed by atoms with Crippen molar-refractivity contribution < 1.29 is 0 Å². The van der Waals surface area contributed by atoms with Crippen LogP contribution in [-0.4, -0.2) is 15.0 Å². The van der Waals surface area contributed by atoms with Crippen LogP contribution in [0.3, 0.4) is 0 Å². The molecule has 0 unspecified atom stereocenters. The Kier molecular flexibility index (Phi) is 2.64. The van der Waals surface area contributed by atoms with Gasteiger partial charge in [-0.1, -0.05) is 12.1 Å². The molecule has 2 heterocycles. The third kappa shape index (κ3) is 1.96. The first kappa shape index (κ1) is 10.8. The van der Waals surface area contributed by atoms with E-state index in [1.807, 2.05) is 25.1 Å². The molecule has 0 fully saturated rings. The lowest BCUT2D eigenvalue weighted by Crippen LogP contribution is -1.91. The minimum absolute atomic E-state index is 0.734. The summed E-state index contributed by atoms with van der Waals surface area (Å²) in [7, 11) is 0. The predicted octanol–water partition coefficient (Wildman–Crippen LogP) is 3.82. The van der Waals surface area contributed by atoms with Gasteiger partial charge in [0.25, 0.3) is 0 Å². The molecular weight excluding hydrogens is 298 g/mol.